The molecule has 0 spiro atoms. The summed E-state index contributed by atoms with van der Waals surface area (Å²) in [5.41, 5.74) is 2.32. The molecule has 0 aromatic carbocycles. The molecule has 2 atom stereocenters. The molecular weight excluding hydrogens is 316 g/mol. The Morgan fingerprint density at radius 3 is 2.74 bits per heavy atom. The summed E-state index contributed by atoms with van der Waals surface area (Å²) in [5.74, 6) is 1.07. The van der Waals surface area contributed by atoms with Gasteiger partial charge in [-0.05, 0) is 33.6 Å². The van der Waals surface area contributed by atoms with E-state index < -0.39 is 10.0 Å². The summed E-state index contributed by atoms with van der Waals surface area (Å²) in [6.45, 7) is 5.16. The number of fused-ring (bicyclic) bond motifs is 4. The molecule has 0 saturated carbocycles. The van der Waals surface area contributed by atoms with E-state index in [9.17, 15) is 8.42 Å². The Kier molecular flexibility index (Phi) is 3.11. The van der Waals surface area contributed by atoms with E-state index in [1.165, 1.54) is 0 Å². The largest absolute Gasteiger partial charge is 0.360 e. The Morgan fingerprint density at radius 1 is 1.26 bits per heavy atom. The number of sulfonamides is 1. The SMILES string of the molecule is Cc1ncc2c(n1)CC1CCC2N1S(=O)(=O)c1c(C)noc1C. The van der Waals surface area contributed by atoms with Crippen molar-refractivity contribution >= 4 is 10.0 Å². The summed E-state index contributed by atoms with van der Waals surface area (Å²) < 4.78 is 33.1. The van der Waals surface area contributed by atoms with Crippen LogP contribution in [0, 0.1) is 20.8 Å². The van der Waals surface area contributed by atoms with Crippen molar-refractivity contribution in [1.29, 1.82) is 0 Å². The van der Waals surface area contributed by atoms with Gasteiger partial charge < -0.3 is 4.52 Å². The number of hydrogen-bond acceptors (Lipinski definition) is 6. The molecule has 1 fully saturated rings. The van der Waals surface area contributed by atoms with Crippen molar-refractivity contribution in [2.45, 2.75) is 57.0 Å². The lowest BCUT2D eigenvalue weighted by Gasteiger charge is -2.34. The number of rotatable bonds is 2. The second-order valence-corrected chi connectivity index (χ2v) is 8.04. The van der Waals surface area contributed by atoms with Crippen LogP contribution in [0.15, 0.2) is 15.6 Å². The Balaban J connectivity index is 1.84. The van der Waals surface area contributed by atoms with E-state index in [4.69, 9.17) is 4.52 Å². The van der Waals surface area contributed by atoms with E-state index in [1.54, 1.807) is 24.3 Å². The van der Waals surface area contributed by atoms with Crippen LogP contribution in [0.5, 0.6) is 0 Å². The Bertz CT molecular complexity index is 871. The second-order valence-electron chi connectivity index (χ2n) is 6.26. The number of hydrogen-bond donors (Lipinski definition) is 0. The third-order valence-corrected chi connectivity index (χ3v) is 6.96. The minimum Gasteiger partial charge on any atom is -0.360 e. The first-order chi connectivity index (χ1) is 10.9. The molecule has 0 aliphatic carbocycles. The van der Waals surface area contributed by atoms with Crippen molar-refractivity contribution < 1.29 is 12.9 Å². The minimum absolute atomic E-state index is 0.0551. The van der Waals surface area contributed by atoms with Crippen LogP contribution in [0.2, 0.25) is 0 Å². The first kappa shape index (κ1) is 14.8. The fraction of sp³-hybridized carbons (Fsp3) is 0.533. The van der Waals surface area contributed by atoms with Gasteiger partial charge in [0.1, 0.15) is 16.4 Å². The molecule has 8 heteroatoms. The van der Waals surface area contributed by atoms with Gasteiger partial charge in [0.2, 0.25) is 10.0 Å². The predicted octanol–water partition coefficient (Wildman–Crippen LogP) is 1.84. The van der Waals surface area contributed by atoms with Crippen molar-refractivity contribution in [3.63, 3.8) is 0 Å². The lowest BCUT2D eigenvalue weighted by Crippen LogP contribution is -2.42. The molecule has 0 radical (unpaired) electrons. The summed E-state index contributed by atoms with van der Waals surface area (Å²) in [5, 5.41) is 3.80. The summed E-state index contributed by atoms with van der Waals surface area (Å²) in [6.07, 6.45) is 4.05. The second kappa shape index (κ2) is 4.85. The van der Waals surface area contributed by atoms with E-state index >= 15 is 0 Å². The molecule has 4 heterocycles. The van der Waals surface area contributed by atoms with Gasteiger partial charge in [-0.2, -0.15) is 4.31 Å². The predicted molar refractivity (Wildman–Crippen MR) is 81.2 cm³/mol. The molecular formula is C15H18N4O3S. The number of aromatic nitrogens is 3. The van der Waals surface area contributed by atoms with Crippen LogP contribution in [-0.2, 0) is 16.4 Å². The standard InChI is InChI=1S/C15H18N4O3S/c1-8-15(9(2)22-18-8)23(20,21)19-11-4-5-14(19)12-7-16-10(3)17-13(12)6-11/h7,11,14H,4-6H2,1-3H3. The maximum absolute atomic E-state index is 13.2. The van der Waals surface area contributed by atoms with Crippen LogP contribution in [0.1, 0.15) is 47.4 Å². The maximum atomic E-state index is 13.2. The van der Waals surface area contributed by atoms with Gasteiger partial charge in [0.15, 0.2) is 5.76 Å². The summed E-state index contributed by atoms with van der Waals surface area (Å²) in [6, 6.07) is -0.247. The molecule has 23 heavy (non-hydrogen) atoms. The molecule has 122 valence electrons. The van der Waals surface area contributed by atoms with Gasteiger partial charge in [-0.15, -0.1) is 0 Å². The van der Waals surface area contributed by atoms with E-state index in [1.807, 2.05) is 6.92 Å². The third-order valence-electron chi connectivity index (χ3n) is 4.75. The first-order valence-electron chi connectivity index (χ1n) is 7.68. The van der Waals surface area contributed by atoms with E-state index in [2.05, 4.69) is 15.1 Å². The minimum atomic E-state index is -3.65. The Labute approximate surface area is 134 Å². The van der Waals surface area contributed by atoms with Crippen molar-refractivity contribution in [2.24, 2.45) is 0 Å². The zero-order valence-electron chi connectivity index (χ0n) is 13.3. The molecule has 2 bridgehead atoms. The lowest BCUT2D eigenvalue weighted by molar-refractivity contribution is 0.299. The highest BCUT2D eigenvalue weighted by atomic mass is 32.2. The molecule has 4 rings (SSSR count). The molecule has 2 aliphatic heterocycles. The zero-order chi connectivity index (χ0) is 16.4. The molecule has 0 amide bonds. The number of aryl methyl sites for hydroxylation is 3. The summed E-state index contributed by atoms with van der Waals surface area (Å²) in [7, 11) is -3.65. The van der Waals surface area contributed by atoms with Gasteiger partial charge >= 0.3 is 0 Å². The summed E-state index contributed by atoms with van der Waals surface area (Å²) >= 11 is 0. The van der Waals surface area contributed by atoms with Gasteiger partial charge in [-0.25, -0.2) is 18.4 Å². The zero-order valence-corrected chi connectivity index (χ0v) is 14.1. The topological polar surface area (TPSA) is 89.2 Å². The van der Waals surface area contributed by atoms with Gasteiger partial charge in [0.05, 0.1) is 11.7 Å². The lowest BCUT2D eigenvalue weighted by atomic mass is 10.0. The van der Waals surface area contributed by atoms with Crippen molar-refractivity contribution in [2.75, 3.05) is 0 Å². The average Bonchev–Trinajstić information content (AvgIpc) is 2.99. The first-order valence-corrected chi connectivity index (χ1v) is 9.12. The van der Waals surface area contributed by atoms with E-state index in [0.717, 1.165) is 29.9 Å². The van der Waals surface area contributed by atoms with Gasteiger partial charge in [0, 0.05) is 24.2 Å². The highest BCUT2D eigenvalue weighted by molar-refractivity contribution is 7.89. The molecule has 1 saturated heterocycles. The van der Waals surface area contributed by atoms with Crippen LogP contribution < -0.4 is 0 Å². The van der Waals surface area contributed by atoms with Gasteiger partial charge in [-0.1, -0.05) is 5.16 Å². The van der Waals surface area contributed by atoms with Crippen LogP contribution in [0.4, 0.5) is 0 Å². The quantitative estimate of drug-likeness (QED) is 0.832. The smallest absolute Gasteiger partial charge is 0.249 e. The van der Waals surface area contributed by atoms with Crippen LogP contribution in [0.25, 0.3) is 0 Å². The molecule has 0 N–H and O–H groups in total. The van der Waals surface area contributed by atoms with E-state index in [0.29, 0.717) is 17.9 Å². The molecule has 7 nitrogen and oxygen atoms in total. The van der Waals surface area contributed by atoms with Crippen molar-refractivity contribution in [3.8, 4) is 0 Å². The molecule has 2 unspecified atom stereocenters. The molecule has 2 aromatic heterocycles. The number of nitrogens with zero attached hydrogens (tertiary/aromatic N) is 4. The third kappa shape index (κ3) is 2.05. The molecule has 2 aliphatic rings. The average molecular weight is 334 g/mol. The van der Waals surface area contributed by atoms with Crippen LogP contribution >= 0.6 is 0 Å². The fourth-order valence-electron chi connectivity index (χ4n) is 3.85. The van der Waals surface area contributed by atoms with Crippen LogP contribution in [0.3, 0.4) is 0 Å². The Hall–Kier alpha value is -1.80. The van der Waals surface area contributed by atoms with Gasteiger partial charge in [-0.3, -0.25) is 0 Å². The summed E-state index contributed by atoms with van der Waals surface area (Å²) in [4.78, 5) is 8.97. The maximum Gasteiger partial charge on any atom is 0.249 e. The fourth-order valence-corrected chi connectivity index (χ4v) is 6.00. The van der Waals surface area contributed by atoms with Crippen LogP contribution in [-0.4, -0.2) is 33.9 Å². The Morgan fingerprint density at radius 2 is 2.04 bits per heavy atom. The van der Waals surface area contributed by atoms with Crippen molar-refractivity contribution in [1.82, 2.24) is 19.4 Å². The monoisotopic (exact) mass is 334 g/mol. The van der Waals surface area contributed by atoms with E-state index in [-0.39, 0.29) is 17.0 Å². The van der Waals surface area contributed by atoms with Crippen molar-refractivity contribution in [3.05, 3.63) is 34.7 Å². The highest BCUT2D eigenvalue weighted by Crippen LogP contribution is 2.46. The molecule has 2 aromatic rings. The highest BCUT2D eigenvalue weighted by Gasteiger charge is 2.48. The normalized spacial score (nSPS) is 24.0. The van der Waals surface area contributed by atoms with Gasteiger partial charge in [0.25, 0.3) is 0 Å².